The summed E-state index contributed by atoms with van der Waals surface area (Å²) < 4.78 is 11.6. The monoisotopic (exact) mass is 424 g/mol. The van der Waals surface area contributed by atoms with Gasteiger partial charge in [-0.05, 0) is 83.8 Å². The van der Waals surface area contributed by atoms with E-state index in [1.165, 1.54) is 28.7 Å². The zero-order chi connectivity index (χ0) is 22.1. The molecule has 0 saturated carbocycles. The SMILES string of the molecule is CCOC(=O)c1ccc(-c2ccc(CO[Si](C)(C)C(C)(C)C)c3c2C(C)CC3)cc1. The third-order valence-corrected chi connectivity index (χ3v) is 11.4. The van der Waals surface area contributed by atoms with Gasteiger partial charge in [0.1, 0.15) is 0 Å². The molecular weight excluding hydrogens is 388 g/mol. The topological polar surface area (TPSA) is 35.5 Å². The number of carbonyl (C=O) groups excluding carboxylic acids is 1. The van der Waals surface area contributed by atoms with Crippen LogP contribution in [0.4, 0.5) is 0 Å². The number of ether oxygens (including phenoxy) is 1. The summed E-state index contributed by atoms with van der Waals surface area (Å²) in [5.41, 5.74) is 7.30. The quantitative estimate of drug-likeness (QED) is 0.366. The molecule has 0 radical (unpaired) electrons. The van der Waals surface area contributed by atoms with Crippen molar-refractivity contribution in [1.82, 2.24) is 0 Å². The Kier molecular flexibility index (Phi) is 6.59. The summed E-state index contributed by atoms with van der Waals surface area (Å²) in [5, 5.41) is 0.212. The highest BCUT2D eigenvalue weighted by Crippen LogP contribution is 2.43. The molecular formula is C26H36O3Si. The van der Waals surface area contributed by atoms with E-state index in [1.807, 2.05) is 31.2 Å². The second-order valence-electron chi connectivity index (χ2n) is 9.95. The van der Waals surface area contributed by atoms with Gasteiger partial charge in [-0.25, -0.2) is 4.79 Å². The highest BCUT2D eigenvalue weighted by molar-refractivity contribution is 6.74. The normalized spacial score (nSPS) is 16.4. The van der Waals surface area contributed by atoms with Crippen LogP contribution in [0.5, 0.6) is 0 Å². The van der Waals surface area contributed by atoms with Crippen molar-refractivity contribution in [3.05, 3.63) is 58.7 Å². The van der Waals surface area contributed by atoms with E-state index in [4.69, 9.17) is 9.16 Å². The van der Waals surface area contributed by atoms with Crippen LogP contribution in [0.3, 0.4) is 0 Å². The highest BCUT2D eigenvalue weighted by atomic mass is 28.4. The molecule has 0 saturated heterocycles. The molecule has 0 spiro atoms. The van der Waals surface area contributed by atoms with E-state index in [0.29, 0.717) is 24.7 Å². The minimum absolute atomic E-state index is 0.212. The highest BCUT2D eigenvalue weighted by Gasteiger charge is 2.37. The first-order chi connectivity index (χ1) is 14.0. The van der Waals surface area contributed by atoms with Gasteiger partial charge >= 0.3 is 5.97 Å². The van der Waals surface area contributed by atoms with E-state index >= 15 is 0 Å². The lowest BCUT2D eigenvalue weighted by Gasteiger charge is -2.36. The van der Waals surface area contributed by atoms with Crippen LogP contribution in [-0.2, 0) is 22.2 Å². The van der Waals surface area contributed by atoms with E-state index < -0.39 is 8.32 Å². The maximum absolute atomic E-state index is 12.0. The number of benzene rings is 2. The van der Waals surface area contributed by atoms with Gasteiger partial charge in [-0.2, -0.15) is 0 Å². The fourth-order valence-corrected chi connectivity index (χ4v) is 4.88. The maximum atomic E-state index is 12.0. The molecule has 1 atom stereocenters. The van der Waals surface area contributed by atoms with E-state index in [1.54, 1.807) is 0 Å². The predicted molar refractivity (Wildman–Crippen MR) is 127 cm³/mol. The minimum atomic E-state index is -1.78. The van der Waals surface area contributed by atoms with Gasteiger partial charge in [0.25, 0.3) is 0 Å². The third kappa shape index (κ3) is 4.55. The van der Waals surface area contributed by atoms with Crippen molar-refractivity contribution < 1.29 is 14.0 Å². The Balaban J connectivity index is 1.90. The lowest BCUT2D eigenvalue weighted by Crippen LogP contribution is -2.40. The van der Waals surface area contributed by atoms with Gasteiger partial charge in [-0.3, -0.25) is 0 Å². The molecule has 30 heavy (non-hydrogen) atoms. The molecule has 1 unspecified atom stereocenters. The van der Waals surface area contributed by atoms with Crippen LogP contribution in [0.2, 0.25) is 18.1 Å². The number of rotatable bonds is 6. The summed E-state index contributed by atoms with van der Waals surface area (Å²) in [6.07, 6.45) is 2.29. The van der Waals surface area contributed by atoms with Crippen LogP contribution in [0.25, 0.3) is 11.1 Å². The molecule has 3 rings (SSSR count). The molecule has 0 aromatic heterocycles. The summed E-state index contributed by atoms with van der Waals surface area (Å²) >= 11 is 0. The molecule has 1 aliphatic rings. The number of hydrogen-bond donors (Lipinski definition) is 0. The lowest BCUT2D eigenvalue weighted by molar-refractivity contribution is 0.0526. The van der Waals surface area contributed by atoms with E-state index in [0.717, 1.165) is 12.0 Å². The molecule has 0 N–H and O–H groups in total. The Labute approximate surface area is 182 Å². The predicted octanol–water partition coefficient (Wildman–Crippen LogP) is 7.10. The van der Waals surface area contributed by atoms with E-state index in [9.17, 15) is 4.79 Å². The molecule has 0 aliphatic heterocycles. The molecule has 0 amide bonds. The molecule has 0 fully saturated rings. The van der Waals surface area contributed by atoms with Crippen LogP contribution in [0, 0.1) is 0 Å². The van der Waals surface area contributed by atoms with Gasteiger partial charge in [0.05, 0.1) is 18.8 Å². The van der Waals surface area contributed by atoms with Crippen molar-refractivity contribution in [2.45, 2.75) is 78.1 Å². The Hall–Kier alpha value is -1.91. The summed E-state index contributed by atoms with van der Waals surface area (Å²) in [7, 11) is -1.78. The van der Waals surface area contributed by atoms with Crippen LogP contribution in [0.1, 0.15) is 74.0 Å². The Morgan fingerprint density at radius 3 is 2.37 bits per heavy atom. The van der Waals surface area contributed by atoms with Crippen LogP contribution >= 0.6 is 0 Å². The number of esters is 1. The van der Waals surface area contributed by atoms with Gasteiger partial charge in [0.15, 0.2) is 8.32 Å². The van der Waals surface area contributed by atoms with Crippen LogP contribution in [-0.4, -0.2) is 20.9 Å². The average molecular weight is 425 g/mol. The molecule has 4 heteroatoms. The molecule has 0 heterocycles. The standard InChI is InChI=1S/C26H36O3Si/c1-8-28-25(27)20-12-10-19(11-13-20)22-16-14-21(23-15-9-18(2)24(22)23)17-29-30(6,7)26(3,4)5/h10-14,16,18H,8-9,15,17H2,1-7H3. The third-order valence-electron chi connectivity index (χ3n) is 6.88. The molecule has 3 nitrogen and oxygen atoms in total. The van der Waals surface area contributed by atoms with Gasteiger partial charge in [0.2, 0.25) is 0 Å². The van der Waals surface area contributed by atoms with Crippen molar-refractivity contribution >= 4 is 14.3 Å². The fraction of sp³-hybridized carbons (Fsp3) is 0.500. The van der Waals surface area contributed by atoms with Crippen molar-refractivity contribution in [2.75, 3.05) is 6.61 Å². The van der Waals surface area contributed by atoms with Gasteiger partial charge in [-0.1, -0.05) is 52.0 Å². The molecule has 162 valence electrons. The van der Waals surface area contributed by atoms with Gasteiger partial charge < -0.3 is 9.16 Å². The van der Waals surface area contributed by atoms with Crippen LogP contribution in [0.15, 0.2) is 36.4 Å². The minimum Gasteiger partial charge on any atom is -0.462 e. The first-order valence-corrected chi connectivity index (χ1v) is 14.0. The zero-order valence-electron chi connectivity index (χ0n) is 19.6. The smallest absolute Gasteiger partial charge is 0.338 e. The Morgan fingerprint density at radius 2 is 1.77 bits per heavy atom. The average Bonchev–Trinajstić information content (AvgIpc) is 3.08. The summed E-state index contributed by atoms with van der Waals surface area (Å²) in [5.74, 6) is 0.272. The first kappa shape index (κ1) is 22.8. The van der Waals surface area contributed by atoms with Crippen molar-refractivity contribution in [3.63, 3.8) is 0 Å². The summed E-state index contributed by atoms with van der Waals surface area (Å²) in [6.45, 7) is 16.7. The van der Waals surface area contributed by atoms with Gasteiger partial charge in [-0.15, -0.1) is 0 Å². The van der Waals surface area contributed by atoms with Gasteiger partial charge in [0, 0.05) is 0 Å². The Bertz CT molecular complexity index is 907. The number of fused-ring (bicyclic) bond motifs is 1. The molecule has 2 aromatic carbocycles. The lowest BCUT2D eigenvalue weighted by atomic mass is 9.90. The maximum Gasteiger partial charge on any atom is 0.338 e. The molecule has 2 aromatic rings. The molecule has 0 bridgehead atoms. The zero-order valence-corrected chi connectivity index (χ0v) is 20.6. The largest absolute Gasteiger partial charge is 0.462 e. The fourth-order valence-electron chi connectivity index (χ4n) is 3.94. The van der Waals surface area contributed by atoms with E-state index in [2.05, 4.69) is 52.9 Å². The summed E-state index contributed by atoms with van der Waals surface area (Å²) in [6, 6.07) is 12.3. The second-order valence-corrected chi connectivity index (χ2v) is 14.8. The van der Waals surface area contributed by atoms with Crippen molar-refractivity contribution in [2.24, 2.45) is 0 Å². The first-order valence-electron chi connectivity index (χ1n) is 11.1. The molecule has 1 aliphatic carbocycles. The van der Waals surface area contributed by atoms with Crippen LogP contribution < -0.4 is 0 Å². The second kappa shape index (κ2) is 8.68. The Morgan fingerprint density at radius 1 is 1.10 bits per heavy atom. The van der Waals surface area contributed by atoms with Crippen molar-refractivity contribution in [3.8, 4) is 11.1 Å². The number of hydrogen-bond acceptors (Lipinski definition) is 3. The number of carbonyl (C=O) groups is 1. The van der Waals surface area contributed by atoms with E-state index in [-0.39, 0.29) is 11.0 Å². The summed E-state index contributed by atoms with van der Waals surface area (Å²) in [4.78, 5) is 12.0. The van der Waals surface area contributed by atoms with Crippen molar-refractivity contribution in [1.29, 1.82) is 0 Å².